The van der Waals surface area contributed by atoms with Crippen molar-refractivity contribution in [1.29, 1.82) is 0 Å². The van der Waals surface area contributed by atoms with E-state index in [9.17, 15) is 0 Å². The summed E-state index contributed by atoms with van der Waals surface area (Å²) >= 11 is 0. The first-order chi connectivity index (χ1) is 7.85. The van der Waals surface area contributed by atoms with E-state index in [-0.39, 0.29) is 0 Å². The van der Waals surface area contributed by atoms with Crippen molar-refractivity contribution in [3.63, 3.8) is 0 Å². The Morgan fingerprint density at radius 3 is 3.25 bits per heavy atom. The van der Waals surface area contributed by atoms with Gasteiger partial charge in [0.2, 0.25) is 0 Å². The maximum absolute atomic E-state index is 5.73. The molecule has 1 unspecified atom stereocenters. The highest BCUT2D eigenvalue weighted by atomic mass is 16.5. The van der Waals surface area contributed by atoms with Crippen molar-refractivity contribution in [3.8, 4) is 0 Å². The second-order valence-electron chi connectivity index (χ2n) is 4.04. The molecule has 0 spiro atoms. The molecule has 2 N–H and O–H groups in total. The molecule has 0 amide bonds. The molecule has 0 aliphatic carbocycles. The highest BCUT2D eigenvalue weighted by Crippen LogP contribution is 2.20. The molecule has 0 aromatic carbocycles. The summed E-state index contributed by atoms with van der Waals surface area (Å²) in [7, 11) is 0. The molecule has 88 valence electrons. The van der Waals surface area contributed by atoms with Crippen LogP contribution in [0.3, 0.4) is 0 Å². The number of anilines is 1. The van der Waals surface area contributed by atoms with E-state index in [4.69, 9.17) is 10.5 Å². The molecule has 4 nitrogen and oxygen atoms in total. The molecular weight excluding hydrogens is 202 g/mol. The first kappa shape index (κ1) is 11.4. The normalized spacial score (nSPS) is 21.1. The van der Waals surface area contributed by atoms with Gasteiger partial charge in [0.1, 0.15) is 5.82 Å². The summed E-state index contributed by atoms with van der Waals surface area (Å²) in [6.07, 6.45) is 3.19. The lowest BCUT2D eigenvalue weighted by Gasteiger charge is -2.34. The average molecular weight is 221 g/mol. The van der Waals surface area contributed by atoms with Gasteiger partial charge in [-0.1, -0.05) is 13.0 Å². The van der Waals surface area contributed by atoms with Crippen LogP contribution in [0.15, 0.2) is 18.3 Å². The Labute approximate surface area is 96.4 Å². The number of pyridine rings is 1. The molecule has 2 heterocycles. The van der Waals surface area contributed by atoms with E-state index in [1.165, 1.54) is 0 Å². The molecule has 1 saturated heterocycles. The maximum Gasteiger partial charge on any atom is 0.133 e. The molecule has 16 heavy (non-hydrogen) atoms. The zero-order valence-electron chi connectivity index (χ0n) is 9.72. The van der Waals surface area contributed by atoms with Crippen molar-refractivity contribution in [3.05, 3.63) is 23.9 Å². The number of nitrogens with zero attached hydrogens (tertiary/aromatic N) is 2. The van der Waals surface area contributed by atoms with Crippen molar-refractivity contribution >= 4 is 5.82 Å². The highest BCUT2D eigenvalue weighted by molar-refractivity contribution is 5.47. The van der Waals surface area contributed by atoms with Crippen LogP contribution in [0.2, 0.25) is 0 Å². The monoisotopic (exact) mass is 221 g/mol. The number of rotatable bonds is 3. The minimum absolute atomic E-state index is 0.321. The summed E-state index contributed by atoms with van der Waals surface area (Å²) in [5.41, 5.74) is 6.84. The molecule has 1 aromatic heterocycles. The lowest BCUT2D eigenvalue weighted by Crippen LogP contribution is -2.43. The number of aromatic nitrogens is 1. The van der Waals surface area contributed by atoms with E-state index in [0.717, 1.165) is 37.5 Å². The summed E-state index contributed by atoms with van der Waals surface area (Å²) in [5, 5.41) is 0. The maximum atomic E-state index is 5.73. The third-order valence-corrected chi connectivity index (χ3v) is 2.98. The second kappa shape index (κ2) is 5.27. The highest BCUT2D eigenvalue weighted by Gasteiger charge is 2.21. The molecule has 0 bridgehead atoms. The van der Waals surface area contributed by atoms with Gasteiger partial charge >= 0.3 is 0 Å². The Kier molecular flexibility index (Phi) is 3.74. The Morgan fingerprint density at radius 1 is 1.62 bits per heavy atom. The van der Waals surface area contributed by atoms with E-state index in [1.807, 2.05) is 18.3 Å². The quantitative estimate of drug-likeness (QED) is 0.832. The molecule has 1 aromatic rings. The van der Waals surface area contributed by atoms with Gasteiger partial charge < -0.3 is 15.4 Å². The minimum Gasteiger partial charge on any atom is -0.375 e. The number of morpholine rings is 1. The van der Waals surface area contributed by atoms with E-state index in [2.05, 4.69) is 16.8 Å². The standard InChI is InChI=1S/C12H19N3O/c1-2-11-9-15(6-7-16-11)12-10(8-13)4-3-5-14-12/h3-5,11H,2,6-9,13H2,1H3. The zero-order valence-corrected chi connectivity index (χ0v) is 9.72. The Balaban J connectivity index is 2.16. The first-order valence-electron chi connectivity index (χ1n) is 5.85. The lowest BCUT2D eigenvalue weighted by molar-refractivity contribution is 0.0381. The van der Waals surface area contributed by atoms with Gasteiger partial charge in [0, 0.05) is 31.4 Å². The SMILES string of the molecule is CCC1CN(c2ncccc2CN)CCO1. The Hall–Kier alpha value is -1.13. The van der Waals surface area contributed by atoms with Gasteiger partial charge in [-0.15, -0.1) is 0 Å². The van der Waals surface area contributed by atoms with Crippen LogP contribution in [0, 0.1) is 0 Å². The van der Waals surface area contributed by atoms with E-state index in [0.29, 0.717) is 12.6 Å². The molecule has 1 atom stereocenters. The van der Waals surface area contributed by atoms with Crippen molar-refractivity contribution < 1.29 is 4.74 Å². The van der Waals surface area contributed by atoms with Crippen LogP contribution in [0.1, 0.15) is 18.9 Å². The number of ether oxygens (including phenoxy) is 1. The molecule has 0 radical (unpaired) electrons. The molecule has 4 heteroatoms. The summed E-state index contributed by atoms with van der Waals surface area (Å²) < 4.78 is 5.65. The number of hydrogen-bond donors (Lipinski definition) is 1. The number of nitrogens with two attached hydrogens (primary N) is 1. The fourth-order valence-corrected chi connectivity index (χ4v) is 2.03. The van der Waals surface area contributed by atoms with Gasteiger partial charge in [-0.2, -0.15) is 0 Å². The smallest absolute Gasteiger partial charge is 0.133 e. The molecule has 1 aliphatic heterocycles. The van der Waals surface area contributed by atoms with Gasteiger partial charge in [0.05, 0.1) is 12.7 Å². The van der Waals surface area contributed by atoms with E-state index >= 15 is 0 Å². The second-order valence-corrected chi connectivity index (χ2v) is 4.04. The van der Waals surface area contributed by atoms with Crippen molar-refractivity contribution in [2.24, 2.45) is 5.73 Å². The Morgan fingerprint density at radius 2 is 2.50 bits per heavy atom. The van der Waals surface area contributed by atoms with E-state index < -0.39 is 0 Å². The third kappa shape index (κ3) is 2.33. The van der Waals surface area contributed by atoms with Crippen LogP contribution in [-0.2, 0) is 11.3 Å². The predicted octanol–water partition coefficient (Wildman–Crippen LogP) is 1.16. The molecule has 0 saturated carbocycles. The Bertz CT molecular complexity index is 343. The van der Waals surface area contributed by atoms with Crippen LogP contribution < -0.4 is 10.6 Å². The van der Waals surface area contributed by atoms with Gasteiger partial charge in [-0.3, -0.25) is 0 Å². The average Bonchev–Trinajstić information content (AvgIpc) is 2.38. The zero-order chi connectivity index (χ0) is 11.4. The van der Waals surface area contributed by atoms with E-state index in [1.54, 1.807) is 0 Å². The van der Waals surface area contributed by atoms with Crippen molar-refractivity contribution in [1.82, 2.24) is 4.98 Å². The number of hydrogen-bond acceptors (Lipinski definition) is 4. The van der Waals surface area contributed by atoms with Crippen molar-refractivity contribution in [2.45, 2.75) is 26.0 Å². The molecule has 1 fully saturated rings. The van der Waals surface area contributed by atoms with Crippen LogP contribution in [0.5, 0.6) is 0 Å². The third-order valence-electron chi connectivity index (χ3n) is 2.98. The molecule has 1 aliphatic rings. The fourth-order valence-electron chi connectivity index (χ4n) is 2.03. The van der Waals surface area contributed by atoms with Crippen molar-refractivity contribution in [2.75, 3.05) is 24.6 Å². The van der Waals surface area contributed by atoms with Crippen LogP contribution in [-0.4, -0.2) is 30.8 Å². The van der Waals surface area contributed by atoms with Gasteiger partial charge in [-0.05, 0) is 12.5 Å². The first-order valence-corrected chi connectivity index (χ1v) is 5.85. The van der Waals surface area contributed by atoms with Gasteiger partial charge in [-0.25, -0.2) is 4.98 Å². The minimum atomic E-state index is 0.321. The fraction of sp³-hybridized carbons (Fsp3) is 0.583. The topological polar surface area (TPSA) is 51.4 Å². The molecule has 2 rings (SSSR count). The van der Waals surface area contributed by atoms with Crippen LogP contribution in [0.4, 0.5) is 5.82 Å². The summed E-state index contributed by atoms with van der Waals surface area (Å²) in [6, 6.07) is 3.97. The summed E-state index contributed by atoms with van der Waals surface area (Å²) in [6.45, 7) is 5.29. The van der Waals surface area contributed by atoms with Gasteiger partial charge in [0.25, 0.3) is 0 Å². The predicted molar refractivity (Wildman–Crippen MR) is 64.4 cm³/mol. The largest absolute Gasteiger partial charge is 0.375 e. The van der Waals surface area contributed by atoms with Gasteiger partial charge in [0.15, 0.2) is 0 Å². The van der Waals surface area contributed by atoms with Crippen LogP contribution in [0.25, 0.3) is 0 Å². The molecular formula is C12H19N3O. The lowest BCUT2D eigenvalue weighted by atomic mass is 10.2. The summed E-state index contributed by atoms with van der Waals surface area (Å²) in [5.74, 6) is 1.02. The van der Waals surface area contributed by atoms with Crippen LogP contribution >= 0.6 is 0 Å². The summed E-state index contributed by atoms with van der Waals surface area (Å²) in [4.78, 5) is 6.71.